The molecule has 2 rings (SSSR count). The summed E-state index contributed by atoms with van der Waals surface area (Å²) >= 11 is 7.47. The van der Waals surface area contributed by atoms with Gasteiger partial charge in [0.05, 0.1) is 16.6 Å². The van der Waals surface area contributed by atoms with Crippen LogP contribution in [0.2, 0.25) is 4.34 Å². The molecule has 0 saturated heterocycles. The Morgan fingerprint density at radius 2 is 2.25 bits per heavy atom. The molecule has 0 saturated carbocycles. The van der Waals surface area contributed by atoms with Gasteiger partial charge in [-0.05, 0) is 38.1 Å². The molecule has 4 nitrogen and oxygen atoms in total. The lowest BCUT2D eigenvalue weighted by Gasteiger charge is -2.20. The van der Waals surface area contributed by atoms with Gasteiger partial charge in [0.25, 0.3) is 0 Å². The first-order chi connectivity index (χ1) is 9.61. The fourth-order valence-electron chi connectivity index (χ4n) is 1.90. The summed E-state index contributed by atoms with van der Waals surface area (Å²) in [6.07, 6.45) is 1.62. The molecular formula is C14H17ClN2O2S. The third-order valence-corrected chi connectivity index (χ3v) is 4.16. The maximum Gasteiger partial charge on any atom is 0.236 e. The molecule has 108 valence electrons. The highest BCUT2D eigenvalue weighted by atomic mass is 35.5. The molecule has 2 unspecified atom stereocenters. The monoisotopic (exact) mass is 312 g/mol. The number of hydrogen-bond acceptors (Lipinski definition) is 4. The number of thiophene rings is 1. The highest BCUT2D eigenvalue weighted by Crippen LogP contribution is 2.31. The van der Waals surface area contributed by atoms with Crippen LogP contribution in [0.25, 0.3) is 0 Å². The van der Waals surface area contributed by atoms with Crippen LogP contribution in [0.15, 0.2) is 34.9 Å². The van der Waals surface area contributed by atoms with Gasteiger partial charge >= 0.3 is 0 Å². The van der Waals surface area contributed by atoms with Crippen molar-refractivity contribution >= 4 is 28.8 Å². The van der Waals surface area contributed by atoms with E-state index in [4.69, 9.17) is 16.0 Å². The van der Waals surface area contributed by atoms with Crippen LogP contribution in [-0.4, -0.2) is 18.5 Å². The predicted molar refractivity (Wildman–Crippen MR) is 81.2 cm³/mol. The van der Waals surface area contributed by atoms with Gasteiger partial charge in [0.15, 0.2) is 0 Å². The number of nitrogens with one attached hydrogen (secondary N) is 2. The van der Waals surface area contributed by atoms with Crippen molar-refractivity contribution in [1.82, 2.24) is 10.6 Å². The van der Waals surface area contributed by atoms with Gasteiger partial charge in [0.2, 0.25) is 5.91 Å². The van der Waals surface area contributed by atoms with Crippen LogP contribution in [0.3, 0.4) is 0 Å². The molecule has 0 aliphatic rings. The van der Waals surface area contributed by atoms with Crippen LogP contribution < -0.4 is 10.6 Å². The van der Waals surface area contributed by atoms with E-state index in [1.807, 2.05) is 38.1 Å². The third kappa shape index (κ3) is 3.62. The number of hydrogen-bond donors (Lipinski definition) is 2. The predicted octanol–water partition coefficient (Wildman–Crippen LogP) is 3.20. The molecule has 0 aliphatic carbocycles. The fraction of sp³-hybridized carbons (Fsp3) is 0.357. The molecule has 2 aromatic rings. The molecule has 0 aliphatic heterocycles. The van der Waals surface area contributed by atoms with Crippen molar-refractivity contribution in [1.29, 1.82) is 0 Å². The Kier molecular flexibility index (Phi) is 5.23. The van der Waals surface area contributed by atoms with E-state index in [1.54, 1.807) is 6.26 Å². The van der Waals surface area contributed by atoms with Gasteiger partial charge in [0, 0.05) is 11.4 Å². The summed E-state index contributed by atoms with van der Waals surface area (Å²) in [4.78, 5) is 12.9. The van der Waals surface area contributed by atoms with Crippen LogP contribution in [0, 0.1) is 0 Å². The average molecular weight is 313 g/mol. The number of carbonyl (C=O) groups excluding carboxylic acids is 1. The summed E-state index contributed by atoms with van der Waals surface area (Å²) in [5.41, 5.74) is 0. The fourth-order valence-corrected chi connectivity index (χ4v) is 3.03. The van der Waals surface area contributed by atoms with Crippen molar-refractivity contribution in [3.8, 4) is 0 Å². The number of rotatable bonds is 6. The Balaban J connectivity index is 2.18. The molecule has 6 heteroatoms. The Bertz CT molecular complexity index is 553. The van der Waals surface area contributed by atoms with Crippen LogP contribution in [0.4, 0.5) is 0 Å². The molecule has 0 bridgehead atoms. The van der Waals surface area contributed by atoms with Crippen molar-refractivity contribution in [2.24, 2.45) is 0 Å². The van der Waals surface area contributed by atoms with Crippen LogP contribution >= 0.6 is 22.9 Å². The molecule has 2 aromatic heterocycles. The lowest BCUT2D eigenvalue weighted by molar-refractivity contribution is -0.122. The van der Waals surface area contributed by atoms with E-state index < -0.39 is 0 Å². The van der Waals surface area contributed by atoms with Crippen molar-refractivity contribution < 1.29 is 9.21 Å². The van der Waals surface area contributed by atoms with Crippen LogP contribution in [0.5, 0.6) is 0 Å². The van der Waals surface area contributed by atoms with Gasteiger partial charge in [-0.1, -0.05) is 11.6 Å². The van der Waals surface area contributed by atoms with Gasteiger partial charge in [-0.15, -0.1) is 11.3 Å². The standard InChI is InChI=1S/C14H17ClN2O2S/c1-3-16-14(18)9(2)17-13(10-5-4-8-19-10)11-6-7-12(15)20-11/h4-9,13,17H,3H2,1-2H3,(H,16,18). The van der Waals surface area contributed by atoms with Crippen LogP contribution in [-0.2, 0) is 4.79 Å². The molecule has 0 aromatic carbocycles. The molecule has 2 N–H and O–H groups in total. The molecule has 2 atom stereocenters. The van der Waals surface area contributed by atoms with Crippen LogP contribution in [0.1, 0.15) is 30.5 Å². The highest BCUT2D eigenvalue weighted by molar-refractivity contribution is 7.16. The number of amides is 1. The van der Waals surface area contributed by atoms with Gasteiger partial charge in [-0.25, -0.2) is 0 Å². The van der Waals surface area contributed by atoms with E-state index >= 15 is 0 Å². The zero-order valence-corrected chi connectivity index (χ0v) is 12.9. The lowest BCUT2D eigenvalue weighted by atomic mass is 10.1. The van der Waals surface area contributed by atoms with E-state index in [0.29, 0.717) is 10.9 Å². The number of furan rings is 1. The Hall–Kier alpha value is -1.30. The first kappa shape index (κ1) is 15.1. The summed E-state index contributed by atoms with van der Waals surface area (Å²) in [5, 5.41) is 6.08. The average Bonchev–Trinajstić information content (AvgIpc) is 3.07. The molecular weight excluding hydrogens is 296 g/mol. The quantitative estimate of drug-likeness (QED) is 0.861. The second kappa shape index (κ2) is 6.92. The van der Waals surface area contributed by atoms with E-state index in [0.717, 1.165) is 10.6 Å². The van der Waals surface area contributed by atoms with Crippen molar-refractivity contribution in [3.63, 3.8) is 0 Å². The number of likely N-dealkylation sites (N-methyl/N-ethyl adjacent to an activating group) is 1. The Morgan fingerprint density at radius 3 is 2.80 bits per heavy atom. The third-order valence-electron chi connectivity index (χ3n) is 2.87. The van der Waals surface area contributed by atoms with E-state index in [-0.39, 0.29) is 18.0 Å². The minimum absolute atomic E-state index is 0.0355. The van der Waals surface area contributed by atoms with E-state index in [9.17, 15) is 4.79 Å². The van der Waals surface area contributed by atoms with E-state index in [1.165, 1.54) is 11.3 Å². The van der Waals surface area contributed by atoms with Gasteiger partial charge in [0.1, 0.15) is 11.8 Å². The van der Waals surface area contributed by atoms with E-state index in [2.05, 4.69) is 10.6 Å². The van der Waals surface area contributed by atoms with Gasteiger partial charge in [-0.3, -0.25) is 10.1 Å². The molecule has 0 spiro atoms. The van der Waals surface area contributed by atoms with Gasteiger partial charge < -0.3 is 9.73 Å². The van der Waals surface area contributed by atoms with Crippen molar-refractivity contribution in [2.45, 2.75) is 25.9 Å². The topological polar surface area (TPSA) is 54.3 Å². The molecule has 0 radical (unpaired) electrons. The Labute approximate surface area is 127 Å². The number of carbonyl (C=O) groups is 1. The first-order valence-electron chi connectivity index (χ1n) is 6.44. The zero-order valence-electron chi connectivity index (χ0n) is 11.4. The SMILES string of the molecule is CCNC(=O)C(C)NC(c1ccco1)c1ccc(Cl)s1. The summed E-state index contributed by atoms with van der Waals surface area (Å²) in [6, 6.07) is 6.99. The van der Waals surface area contributed by atoms with Crippen molar-refractivity contribution in [2.75, 3.05) is 6.54 Å². The second-order valence-electron chi connectivity index (χ2n) is 4.37. The van der Waals surface area contributed by atoms with Gasteiger partial charge in [-0.2, -0.15) is 0 Å². The second-order valence-corrected chi connectivity index (χ2v) is 6.12. The Morgan fingerprint density at radius 1 is 1.45 bits per heavy atom. The smallest absolute Gasteiger partial charge is 0.236 e. The highest BCUT2D eigenvalue weighted by Gasteiger charge is 2.23. The summed E-state index contributed by atoms with van der Waals surface area (Å²) in [7, 11) is 0. The first-order valence-corrected chi connectivity index (χ1v) is 7.63. The molecule has 1 amide bonds. The maximum atomic E-state index is 11.9. The van der Waals surface area contributed by atoms with Crippen molar-refractivity contribution in [3.05, 3.63) is 45.5 Å². The normalized spacial score (nSPS) is 13.9. The zero-order chi connectivity index (χ0) is 14.5. The summed E-state index contributed by atoms with van der Waals surface area (Å²) in [6.45, 7) is 4.34. The summed E-state index contributed by atoms with van der Waals surface area (Å²) in [5.74, 6) is 0.728. The minimum atomic E-state index is -0.328. The summed E-state index contributed by atoms with van der Waals surface area (Å²) < 4.78 is 6.18. The molecule has 20 heavy (non-hydrogen) atoms. The number of halogens is 1. The largest absolute Gasteiger partial charge is 0.467 e. The minimum Gasteiger partial charge on any atom is -0.467 e. The maximum absolute atomic E-state index is 11.9. The molecule has 2 heterocycles. The lowest BCUT2D eigenvalue weighted by Crippen LogP contribution is -2.43. The molecule has 0 fully saturated rings.